The number of aliphatic imine (C=N–C) groups is 1. The van der Waals surface area contributed by atoms with E-state index in [0.29, 0.717) is 32.7 Å². The second-order valence-electron chi connectivity index (χ2n) is 6.99. The molecule has 2 aromatic carbocycles. The van der Waals surface area contributed by atoms with E-state index in [0.717, 1.165) is 11.8 Å². The Bertz CT molecular complexity index is 1440. The summed E-state index contributed by atoms with van der Waals surface area (Å²) in [6.45, 7) is 0. The molecule has 0 spiro atoms. The number of carboxylic acids is 1. The summed E-state index contributed by atoms with van der Waals surface area (Å²) in [6.07, 6.45) is 1.42. The van der Waals surface area contributed by atoms with E-state index >= 15 is 0 Å². The summed E-state index contributed by atoms with van der Waals surface area (Å²) in [5.74, 6) is -1.01. The van der Waals surface area contributed by atoms with Gasteiger partial charge in [-0.1, -0.05) is 41.9 Å². The zero-order valence-electron chi connectivity index (χ0n) is 16.7. The standard InChI is InChI=1S/C23H13ClN4O4S/c24-17-7-2-1-6-15(17)21-27-28-19(25)16(20(29)26-23(28)33-21)11-14-8-9-18(32-14)12-4-3-5-13(10-12)22(30)31/h1-11,25H,(H,30,31). The van der Waals surface area contributed by atoms with Gasteiger partial charge in [0.25, 0.3) is 5.91 Å². The molecule has 0 radical (unpaired) electrons. The minimum atomic E-state index is -1.04. The zero-order valence-corrected chi connectivity index (χ0v) is 18.2. The van der Waals surface area contributed by atoms with Gasteiger partial charge in [-0.15, -0.1) is 0 Å². The van der Waals surface area contributed by atoms with Gasteiger partial charge in [-0.2, -0.15) is 15.1 Å². The predicted molar refractivity (Wildman–Crippen MR) is 127 cm³/mol. The number of thioether (sulfide) groups is 1. The highest BCUT2D eigenvalue weighted by atomic mass is 35.5. The molecule has 1 amide bonds. The quantitative estimate of drug-likeness (QED) is 0.513. The van der Waals surface area contributed by atoms with Gasteiger partial charge in [0.2, 0.25) is 5.17 Å². The van der Waals surface area contributed by atoms with Gasteiger partial charge in [0, 0.05) is 11.1 Å². The Labute approximate surface area is 196 Å². The van der Waals surface area contributed by atoms with Gasteiger partial charge in [-0.25, -0.2) is 4.79 Å². The molecule has 10 heteroatoms. The molecule has 0 bridgehead atoms. The van der Waals surface area contributed by atoms with Crippen LogP contribution in [0.1, 0.15) is 21.7 Å². The third kappa shape index (κ3) is 3.88. The number of hydrazone groups is 1. The Hall–Kier alpha value is -3.95. The van der Waals surface area contributed by atoms with Gasteiger partial charge in [0.05, 0.1) is 16.2 Å². The monoisotopic (exact) mass is 476 g/mol. The Kier molecular flexibility index (Phi) is 5.20. The number of benzene rings is 2. The topological polar surface area (TPSA) is 119 Å². The molecule has 0 aliphatic carbocycles. The van der Waals surface area contributed by atoms with Crippen molar-refractivity contribution in [1.82, 2.24) is 5.01 Å². The van der Waals surface area contributed by atoms with Crippen molar-refractivity contribution in [2.24, 2.45) is 10.1 Å². The molecule has 2 aliphatic heterocycles. The summed E-state index contributed by atoms with van der Waals surface area (Å²) >= 11 is 7.42. The molecule has 8 nitrogen and oxygen atoms in total. The lowest BCUT2D eigenvalue weighted by Crippen LogP contribution is -2.35. The van der Waals surface area contributed by atoms with Crippen LogP contribution in [0, 0.1) is 5.41 Å². The molecule has 0 saturated carbocycles. The van der Waals surface area contributed by atoms with Crippen LogP contribution in [0.5, 0.6) is 0 Å². The molecule has 1 aromatic heterocycles. The number of hydrogen-bond acceptors (Lipinski definition) is 6. The van der Waals surface area contributed by atoms with Crippen molar-refractivity contribution in [2.45, 2.75) is 0 Å². The Morgan fingerprint density at radius 3 is 2.76 bits per heavy atom. The summed E-state index contributed by atoms with van der Waals surface area (Å²) in [5, 5.41) is 24.7. The van der Waals surface area contributed by atoms with Crippen LogP contribution in [0.4, 0.5) is 0 Å². The highest BCUT2D eigenvalue weighted by Crippen LogP contribution is 2.33. The summed E-state index contributed by atoms with van der Waals surface area (Å²) in [4.78, 5) is 27.9. The lowest BCUT2D eigenvalue weighted by atomic mass is 10.1. The van der Waals surface area contributed by atoms with Crippen LogP contribution in [0.15, 0.2) is 80.7 Å². The molecule has 0 saturated heterocycles. The normalized spacial score (nSPS) is 16.6. The van der Waals surface area contributed by atoms with Crippen LogP contribution < -0.4 is 0 Å². The Morgan fingerprint density at radius 2 is 1.97 bits per heavy atom. The first-order valence-corrected chi connectivity index (χ1v) is 10.8. The van der Waals surface area contributed by atoms with Gasteiger partial charge < -0.3 is 9.52 Å². The molecule has 5 rings (SSSR count). The molecule has 3 heterocycles. The van der Waals surface area contributed by atoms with Crippen molar-refractivity contribution in [1.29, 1.82) is 5.41 Å². The van der Waals surface area contributed by atoms with Gasteiger partial charge >= 0.3 is 5.97 Å². The van der Waals surface area contributed by atoms with E-state index in [1.54, 1.807) is 42.5 Å². The average molecular weight is 477 g/mol. The number of halogens is 1. The molecule has 162 valence electrons. The molecular weight excluding hydrogens is 464 g/mol. The Balaban J connectivity index is 1.45. The smallest absolute Gasteiger partial charge is 0.335 e. The highest BCUT2D eigenvalue weighted by molar-refractivity contribution is 8.27. The maximum atomic E-state index is 12.6. The van der Waals surface area contributed by atoms with Crippen molar-refractivity contribution < 1.29 is 19.1 Å². The fourth-order valence-electron chi connectivity index (χ4n) is 3.27. The number of amidine groups is 2. The van der Waals surface area contributed by atoms with Crippen LogP contribution in [0.25, 0.3) is 17.4 Å². The van der Waals surface area contributed by atoms with Crippen molar-refractivity contribution >= 4 is 57.4 Å². The predicted octanol–water partition coefficient (Wildman–Crippen LogP) is 4.97. The van der Waals surface area contributed by atoms with Crippen molar-refractivity contribution in [3.63, 3.8) is 0 Å². The lowest BCUT2D eigenvalue weighted by molar-refractivity contribution is -0.114. The number of nitrogens with zero attached hydrogens (tertiary/aromatic N) is 3. The van der Waals surface area contributed by atoms with Crippen LogP contribution in [0.2, 0.25) is 5.02 Å². The third-order valence-electron chi connectivity index (χ3n) is 4.87. The number of aromatic carboxylic acids is 1. The third-order valence-corrected chi connectivity index (χ3v) is 6.14. The number of nitrogens with one attached hydrogen (secondary N) is 1. The van der Waals surface area contributed by atoms with E-state index in [1.165, 1.54) is 23.2 Å². The maximum absolute atomic E-state index is 12.6. The summed E-state index contributed by atoms with van der Waals surface area (Å²) in [5.41, 5.74) is 1.42. The van der Waals surface area contributed by atoms with E-state index in [9.17, 15) is 14.7 Å². The molecule has 0 fully saturated rings. The van der Waals surface area contributed by atoms with Crippen LogP contribution in [0.3, 0.4) is 0 Å². The molecule has 0 atom stereocenters. The number of fused-ring (bicyclic) bond motifs is 1. The van der Waals surface area contributed by atoms with Crippen LogP contribution >= 0.6 is 23.4 Å². The molecule has 3 aromatic rings. The average Bonchev–Trinajstić information content (AvgIpc) is 3.44. The highest BCUT2D eigenvalue weighted by Gasteiger charge is 2.36. The van der Waals surface area contributed by atoms with E-state index in [1.807, 2.05) is 6.07 Å². The molecule has 0 unspecified atom stereocenters. The van der Waals surface area contributed by atoms with E-state index in [2.05, 4.69) is 10.1 Å². The van der Waals surface area contributed by atoms with Crippen molar-refractivity contribution in [2.75, 3.05) is 0 Å². The number of rotatable bonds is 4. The number of furan rings is 1. The second-order valence-corrected chi connectivity index (χ2v) is 8.36. The minimum absolute atomic E-state index is 0.0173. The van der Waals surface area contributed by atoms with Gasteiger partial charge in [0.1, 0.15) is 16.6 Å². The fraction of sp³-hybridized carbons (Fsp3) is 0. The van der Waals surface area contributed by atoms with E-state index < -0.39 is 11.9 Å². The van der Waals surface area contributed by atoms with Crippen molar-refractivity contribution in [3.05, 3.63) is 88.1 Å². The summed E-state index contributed by atoms with van der Waals surface area (Å²) in [7, 11) is 0. The summed E-state index contributed by atoms with van der Waals surface area (Å²) in [6, 6.07) is 16.8. The molecular formula is C23H13ClN4O4S. The number of carbonyl (C=O) groups is 2. The minimum Gasteiger partial charge on any atom is -0.478 e. The second kappa shape index (κ2) is 8.19. The first-order valence-electron chi connectivity index (χ1n) is 9.59. The SMILES string of the molecule is N=C1C(=Cc2ccc(-c3cccc(C(=O)O)c3)o2)C(=O)N=C2SC(c3ccccc3Cl)=NN12. The van der Waals surface area contributed by atoms with Crippen LogP contribution in [-0.4, -0.2) is 38.0 Å². The van der Waals surface area contributed by atoms with Gasteiger partial charge in [0.15, 0.2) is 5.84 Å². The molecule has 2 aliphatic rings. The molecule has 33 heavy (non-hydrogen) atoms. The van der Waals surface area contributed by atoms with E-state index in [4.69, 9.17) is 21.4 Å². The maximum Gasteiger partial charge on any atom is 0.335 e. The first kappa shape index (κ1) is 20.9. The summed E-state index contributed by atoms with van der Waals surface area (Å²) < 4.78 is 5.78. The number of amides is 1. The van der Waals surface area contributed by atoms with Gasteiger partial charge in [-0.3, -0.25) is 10.2 Å². The fourth-order valence-corrected chi connectivity index (χ4v) is 4.48. The number of carbonyl (C=O) groups excluding carboxylic acids is 1. The number of carboxylic acid groups (broad SMARTS) is 1. The van der Waals surface area contributed by atoms with E-state index in [-0.39, 0.29) is 22.1 Å². The van der Waals surface area contributed by atoms with Crippen LogP contribution in [-0.2, 0) is 4.79 Å². The van der Waals surface area contributed by atoms with Crippen molar-refractivity contribution in [3.8, 4) is 11.3 Å². The lowest BCUT2D eigenvalue weighted by Gasteiger charge is -2.19. The van der Waals surface area contributed by atoms with Gasteiger partial charge in [-0.05, 0) is 48.2 Å². The largest absolute Gasteiger partial charge is 0.478 e. The number of hydrogen-bond donors (Lipinski definition) is 2. The molecule has 2 N–H and O–H groups in total. The Morgan fingerprint density at radius 1 is 1.15 bits per heavy atom. The zero-order chi connectivity index (χ0) is 23.1. The first-order chi connectivity index (χ1) is 15.9.